The molecular weight excluding hydrogens is 318 g/mol. The van der Waals surface area contributed by atoms with Crippen molar-refractivity contribution in [2.75, 3.05) is 19.6 Å². The molecule has 0 aromatic heterocycles. The number of halogens is 1. The molecule has 1 saturated heterocycles. The van der Waals surface area contributed by atoms with Crippen LogP contribution in [0, 0.1) is 11.8 Å². The monoisotopic (exact) mass is 351 g/mol. The molecule has 0 amide bonds. The Balaban J connectivity index is 0.00000208. The van der Waals surface area contributed by atoms with Crippen LogP contribution in [-0.4, -0.2) is 29.6 Å². The minimum absolute atomic E-state index is 0. The molecule has 1 aliphatic carbocycles. The number of hydrogen-bond acceptors (Lipinski definition) is 2. The summed E-state index contributed by atoms with van der Waals surface area (Å²) in [6.45, 7) is 8.42. The van der Waals surface area contributed by atoms with E-state index < -0.39 is 0 Å². The zero-order valence-electron chi connectivity index (χ0n) is 15.3. The van der Waals surface area contributed by atoms with Gasteiger partial charge in [0.1, 0.15) is 5.75 Å². The van der Waals surface area contributed by atoms with E-state index in [9.17, 15) is 5.11 Å². The summed E-state index contributed by atoms with van der Waals surface area (Å²) in [5, 5.41) is 9.81. The van der Waals surface area contributed by atoms with Crippen molar-refractivity contribution in [2.45, 2.75) is 64.2 Å². The van der Waals surface area contributed by atoms with Crippen LogP contribution in [-0.2, 0) is 5.41 Å². The fourth-order valence-electron chi connectivity index (χ4n) is 4.71. The zero-order valence-corrected chi connectivity index (χ0v) is 16.2. The Morgan fingerprint density at radius 1 is 1.25 bits per heavy atom. The summed E-state index contributed by atoms with van der Waals surface area (Å²) in [5.41, 5.74) is 1.50. The van der Waals surface area contributed by atoms with Crippen LogP contribution in [0.25, 0.3) is 0 Å². The first-order valence-corrected chi connectivity index (χ1v) is 9.60. The smallest absolute Gasteiger partial charge is 0.115 e. The highest BCUT2D eigenvalue weighted by atomic mass is 35.5. The van der Waals surface area contributed by atoms with Gasteiger partial charge in [-0.2, -0.15) is 0 Å². The average Bonchev–Trinajstić information content (AvgIpc) is 3.04. The van der Waals surface area contributed by atoms with Crippen molar-refractivity contribution in [2.24, 2.45) is 11.8 Å². The van der Waals surface area contributed by atoms with Gasteiger partial charge in [-0.25, -0.2) is 0 Å². The molecule has 2 nitrogen and oxygen atoms in total. The standard InChI is InChI=1S/C21H33NO.ClH/c1-17-16-22(13-6-9-18-7-3-4-8-18)14-12-21(17,2)19-10-5-11-20(23)15-19;/h5,10-11,15,17-18,23H,3-4,6-9,12-14,16H2,1-2H3;1H/t17-,21-;/m0./s1. The van der Waals surface area contributed by atoms with Gasteiger partial charge in [0.2, 0.25) is 0 Å². The molecule has 1 aromatic carbocycles. The third kappa shape index (κ3) is 4.46. The molecule has 1 aliphatic heterocycles. The maximum Gasteiger partial charge on any atom is 0.115 e. The van der Waals surface area contributed by atoms with Crippen LogP contribution >= 0.6 is 12.4 Å². The van der Waals surface area contributed by atoms with Crippen LogP contribution in [0.3, 0.4) is 0 Å². The van der Waals surface area contributed by atoms with Gasteiger partial charge in [0.05, 0.1) is 0 Å². The molecule has 2 fully saturated rings. The van der Waals surface area contributed by atoms with E-state index in [2.05, 4.69) is 24.8 Å². The second kappa shape index (κ2) is 8.58. The lowest BCUT2D eigenvalue weighted by Gasteiger charge is -2.45. The van der Waals surface area contributed by atoms with Gasteiger partial charge in [-0.15, -0.1) is 12.4 Å². The fraction of sp³-hybridized carbons (Fsp3) is 0.714. The second-order valence-electron chi connectivity index (χ2n) is 8.21. The Bertz CT molecular complexity index is 514. The summed E-state index contributed by atoms with van der Waals surface area (Å²) < 4.78 is 0. The summed E-state index contributed by atoms with van der Waals surface area (Å²) in [7, 11) is 0. The Labute approximate surface area is 154 Å². The summed E-state index contributed by atoms with van der Waals surface area (Å²) in [6, 6.07) is 7.91. The lowest BCUT2D eigenvalue weighted by Crippen LogP contribution is -2.47. The Hall–Kier alpha value is -0.730. The largest absolute Gasteiger partial charge is 0.508 e. The normalized spacial score (nSPS) is 28.7. The third-order valence-corrected chi connectivity index (χ3v) is 6.63. The summed E-state index contributed by atoms with van der Waals surface area (Å²) in [5.74, 6) is 2.05. The predicted molar refractivity (Wildman–Crippen MR) is 104 cm³/mol. The van der Waals surface area contributed by atoms with Crippen LogP contribution in [0.5, 0.6) is 5.75 Å². The lowest BCUT2D eigenvalue weighted by atomic mass is 9.68. The van der Waals surface area contributed by atoms with E-state index >= 15 is 0 Å². The maximum absolute atomic E-state index is 9.81. The number of aromatic hydroxyl groups is 1. The van der Waals surface area contributed by atoms with Gasteiger partial charge in [-0.05, 0) is 67.3 Å². The number of phenolic OH excluding ortho intramolecular Hbond substituents is 1. The van der Waals surface area contributed by atoms with Crippen molar-refractivity contribution in [1.82, 2.24) is 4.90 Å². The van der Waals surface area contributed by atoms with Gasteiger partial charge in [-0.3, -0.25) is 0 Å². The highest BCUT2D eigenvalue weighted by Crippen LogP contribution is 2.40. The van der Waals surface area contributed by atoms with E-state index in [0.717, 1.165) is 5.92 Å². The summed E-state index contributed by atoms with van der Waals surface area (Å²) in [6.07, 6.45) is 9.90. The molecule has 0 unspecified atom stereocenters. The van der Waals surface area contributed by atoms with Crippen LogP contribution in [0.4, 0.5) is 0 Å². The van der Waals surface area contributed by atoms with E-state index in [0.29, 0.717) is 11.7 Å². The van der Waals surface area contributed by atoms with Crippen molar-refractivity contribution in [3.05, 3.63) is 29.8 Å². The van der Waals surface area contributed by atoms with Crippen LogP contribution in [0.15, 0.2) is 24.3 Å². The number of benzene rings is 1. The Morgan fingerprint density at radius 2 is 2.00 bits per heavy atom. The molecular formula is C21H34ClNO. The van der Waals surface area contributed by atoms with E-state index in [1.165, 1.54) is 70.1 Å². The molecule has 1 saturated carbocycles. The molecule has 3 heteroatoms. The van der Waals surface area contributed by atoms with Gasteiger partial charge < -0.3 is 10.0 Å². The van der Waals surface area contributed by atoms with E-state index in [1.807, 2.05) is 12.1 Å². The maximum atomic E-state index is 9.81. The molecule has 0 radical (unpaired) electrons. The molecule has 2 atom stereocenters. The quantitative estimate of drug-likeness (QED) is 0.769. The summed E-state index contributed by atoms with van der Waals surface area (Å²) in [4.78, 5) is 2.67. The van der Waals surface area contributed by atoms with Crippen molar-refractivity contribution >= 4 is 12.4 Å². The molecule has 1 aromatic rings. The van der Waals surface area contributed by atoms with Crippen molar-refractivity contribution in [1.29, 1.82) is 0 Å². The highest BCUT2D eigenvalue weighted by Gasteiger charge is 2.37. The minimum atomic E-state index is 0. The van der Waals surface area contributed by atoms with E-state index in [-0.39, 0.29) is 17.8 Å². The van der Waals surface area contributed by atoms with E-state index in [1.54, 1.807) is 6.07 Å². The minimum Gasteiger partial charge on any atom is -0.508 e. The average molecular weight is 352 g/mol. The molecule has 1 heterocycles. The van der Waals surface area contributed by atoms with Crippen molar-refractivity contribution < 1.29 is 5.11 Å². The predicted octanol–water partition coefficient (Wildman–Crippen LogP) is 5.38. The SMILES string of the molecule is C[C@H]1CN(CCCC2CCCC2)CC[C@]1(C)c1cccc(O)c1.Cl. The Morgan fingerprint density at radius 3 is 2.67 bits per heavy atom. The van der Waals surface area contributed by atoms with Gasteiger partial charge in [-0.1, -0.05) is 51.7 Å². The molecule has 3 rings (SSSR count). The van der Waals surface area contributed by atoms with Gasteiger partial charge in [0.15, 0.2) is 0 Å². The van der Waals surface area contributed by atoms with Crippen LogP contribution in [0.1, 0.15) is 64.4 Å². The fourth-order valence-corrected chi connectivity index (χ4v) is 4.71. The molecule has 0 bridgehead atoms. The first-order valence-electron chi connectivity index (χ1n) is 9.60. The first-order chi connectivity index (χ1) is 11.1. The van der Waals surface area contributed by atoms with E-state index in [4.69, 9.17) is 0 Å². The van der Waals surface area contributed by atoms with Gasteiger partial charge >= 0.3 is 0 Å². The molecule has 136 valence electrons. The number of rotatable bonds is 5. The molecule has 2 aliphatic rings. The second-order valence-corrected chi connectivity index (χ2v) is 8.21. The summed E-state index contributed by atoms with van der Waals surface area (Å²) >= 11 is 0. The van der Waals surface area contributed by atoms with Crippen molar-refractivity contribution in [3.8, 4) is 5.75 Å². The number of likely N-dealkylation sites (tertiary alicyclic amines) is 1. The number of piperidine rings is 1. The first kappa shape index (κ1) is 19.6. The Kier molecular flexibility index (Phi) is 7.00. The molecule has 1 N–H and O–H groups in total. The molecule has 0 spiro atoms. The van der Waals surface area contributed by atoms with Crippen molar-refractivity contribution in [3.63, 3.8) is 0 Å². The third-order valence-electron chi connectivity index (χ3n) is 6.63. The van der Waals surface area contributed by atoms with Crippen LogP contribution < -0.4 is 0 Å². The van der Waals surface area contributed by atoms with Gasteiger partial charge in [0, 0.05) is 6.54 Å². The lowest BCUT2D eigenvalue weighted by molar-refractivity contribution is 0.108. The molecule has 24 heavy (non-hydrogen) atoms. The number of phenols is 1. The number of hydrogen-bond donors (Lipinski definition) is 1. The zero-order chi connectivity index (χ0) is 16.3. The number of nitrogens with zero attached hydrogens (tertiary/aromatic N) is 1. The van der Waals surface area contributed by atoms with Crippen LogP contribution in [0.2, 0.25) is 0 Å². The highest BCUT2D eigenvalue weighted by molar-refractivity contribution is 5.85. The topological polar surface area (TPSA) is 23.5 Å². The van der Waals surface area contributed by atoms with Gasteiger partial charge in [0.25, 0.3) is 0 Å².